The summed E-state index contributed by atoms with van der Waals surface area (Å²) in [6.45, 7) is 0. The normalized spacial score (nSPS) is 76.5. The third kappa shape index (κ3) is 0.607. The second-order valence-corrected chi connectivity index (χ2v) is 8.05. The summed E-state index contributed by atoms with van der Waals surface area (Å²) < 4.78 is 2.15. The zero-order valence-corrected chi connectivity index (χ0v) is 11.1. The van der Waals surface area contributed by atoms with E-state index in [0.29, 0.717) is 0 Å². The molecule has 0 unspecified atom stereocenters. The Kier molecular flexibility index (Phi) is 1.39. The molecule has 4 saturated carbocycles. The molecule has 0 aromatic carbocycles. The largest absolute Gasteiger partial charge is 0.0820 e. The van der Waals surface area contributed by atoms with Gasteiger partial charge in [-0.3, -0.25) is 0 Å². The van der Waals surface area contributed by atoms with E-state index in [1.165, 1.54) is 23.7 Å². The van der Waals surface area contributed by atoms with Gasteiger partial charge in [0.05, 0.1) is 0 Å². The molecule has 4 bridgehead atoms. The Labute approximate surface area is 101 Å². The Morgan fingerprint density at radius 1 is 0.667 bits per heavy atom. The van der Waals surface area contributed by atoms with Gasteiger partial charge in [-0.25, -0.2) is 0 Å². The molecule has 2 heteroatoms. The van der Waals surface area contributed by atoms with Crippen LogP contribution in [0.25, 0.3) is 0 Å². The van der Waals surface area contributed by atoms with Gasteiger partial charge in [0.1, 0.15) is 0 Å². The number of fused-ring (bicyclic) bond motifs is 4. The summed E-state index contributed by atoms with van der Waals surface area (Å²) >= 11 is 5.53. The predicted octanol–water partition coefficient (Wildman–Crippen LogP) is 3.13. The molecular formula is C10H12I2. The molecule has 4 aliphatic carbocycles. The Morgan fingerprint density at radius 2 is 1.08 bits per heavy atom. The van der Waals surface area contributed by atoms with Crippen molar-refractivity contribution in [3.63, 3.8) is 0 Å². The Bertz CT molecular complexity index is 226. The lowest BCUT2D eigenvalue weighted by Gasteiger charge is -2.33. The molecule has 4 rings (SSSR count). The Hall–Kier alpha value is 1.46. The van der Waals surface area contributed by atoms with Gasteiger partial charge in [-0.05, 0) is 48.3 Å². The van der Waals surface area contributed by atoms with E-state index in [-0.39, 0.29) is 0 Å². The highest BCUT2D eigenvalue weighted by atomic mass is 127. The maximum Gasteiger partial charge on any atom is 0.0175 e. The summed E-state index contributed by atoms with van der Waals surface area (Å²) in [6, 6.07) is 0. The van der Waals surface area contributed by atoms with Crippen molar-refractivity contribution >= 4 is 45.2 Å². The summed E-state index contributed by atoms with van der Waals surface area (Å²) in [5.41, 5.74) is 0. The molecule has 0 radical (unpaired) electrons. The number of hydrogen-bond donors (Lipinski definition) is 0. The molecule has 12 heavy (non-hydrogen) atoms. The molecule has 0 heterocycles. The van der Waals surface area contributed by atoms with E-state index in [0.717, 1.165) is 19.7 Å². The molecule has 8 atom stereocenters. The minimum absolute atomic E-state index is 1.08. The molecule has 0 amide bonds. The van der Waals surface area contributed by atoms with E-state index in [9.17, 15) is 0 Å². The van der Waals surface area contributed by atoms with E-state index >= 15 is 0 Å². The minimum atomic E-state index is 1.08. The Morgan fingerprint density at radius 3 is 1.42 bits per heavy atom. The maximum atomic E-state index is 2.77. The highest BCUT2D eigenvalue weighted by Crippen LogP contribution is 2.75. The van der Waals surface area contributed by atoms with Crippen LogP contribution in [0.2, 0.25) is 0 Å². The highest BCUT2D eigenvalue weighted by Gasteiger charge is 2.71. The van der Waals surface area contributed by atoms with Gasteiger partial charge < -0.3 is 0 Å². The molecule has 4 fully saturated rings. The van der Waals surface area contributed by atoms with E-state index < -0.39 is 0 Å². The molecule has 0 N–H and O–H groups in total. The van der Waals surface area contributed by atoms with Gasteiger partial charge in [-0.1, -0.05) is 45.2 Å². The average Bonchev–Trinajstić information content (AvgIpc) is 2.68. The predicted molar refractivity (Wildman–Crippen MR) is 65.8 cm³/mol. The minimum Gasteiger partial charge on any atom is -0.0820 e. The Balaban J connectivity index is 1.92. The fourth-order valence-corrected chi connectivity index (χ4v) is 8.66. The molecule has 4 aliphatic rings. The summed E-state index contributed by atoms with van der Waals surface area (Å²) in [5.74, 6) is 6.99. The zero-order valence-electron chi connectivity index (χ0n) is 6.79. The summed E-state index contributed by atoms with van der Waals surface area (Å²) in [4.78, 5) is 0. The van der Waals surface area contributed by atoms with Crippen molar-refractivity contribution in [2.75, 3.05) is 0 Å². The standard InChI is InChI=1S/C10H12I2/c11-9-5-1-3-6-2-4(5)8(7(3)9)10(6)12/h3-10H,1-2H2/t3-,4+,5+,6-,7+,8-,9-,10-/m1/s1. The number of hydrogen-bond acceptors (Lipinski definition) is 0. The van der Waals surface area contributed by atoms with Crippen LogP contribution >= 0.6 is 45.2 Å². The first-order valence-electron chi connectivity index (χ1n) is 5.07. The second-order valence-electron chi connectivity index (χ2n) is 5.17. The van der Waals surface area contributed by atoms with Gasteiger partial charge in [-0.2, -0.15) is 0 Å². The summed E-state index contributed by atoms with van der Waals surface area (Å²) in [5, 5.41) is 0. The van der Waals surface area contributed by atoms with Crippen LogP contribution in [0.1, 0.15) is 12.8 Å². The summed E-state index contributed by atoms with van der Waals surface area (Å²) in [7, 11) is 0. The lowest BCUT2D eigenvalue weighted by atomic mass is 9.71. The lowest BCUT2D eigenvalue weighted by molar-refractivity contribution is 0.146. The molecule has 0 spiro atoms. The molecule has 0 saturated heterocycles. The quantitative estimate of drug-likeness (QED) is 0.444. The number of alkyl halides is 2. The molecular weight excluding hydrogens is 374 g/mol. The van der Waals surface area contributed by atoms with Crippen LogP contribution in [0, 0.1) is 35.5 Å². The van der Waals surface area contributed by atoms with Gasteiger partial charge >= 0.3 is 0 Å². The smallest absolute Gasteiger partial charge is 0.0175 e. The monoisotopic (exact) mass is 386 g/mol. The molecule has 0 aliphatic heterocycles. The SMILES string of the molecule is I[C@@H]1[C@@H]2C[C@H]3[C@@H]4C[C@H]2[C@H]([C@@H]4I)[C@H]13. The van der Waals surface area contributed by atoms with Crippen LogP contribution < -0.4 is 0 Å². The van der Waals surface area contributed by atoms with E-state index in [1.54, 1.807) is 12.8 Å². The van der Waals surface area contributed by atoms with Crippen molar-refractivity contribution in [2.45, 2.75) is 20.7 Å². The average molecular weight is 386 g/mol. The van der Waals surface area contributed by atoms with Crippen molar-refractivity contribution in [3.05, 3.63) is 0 Å². The van der Waals surface area contributed by atoms with Crippen molar-refractivity contribution in [2.24, 2.45) is 35.5 Å². The van der Waals surface area contributed by atoms with Crippen molar-refractivity contribution in [3.8, 4) is 0 Å². The molecule has 0 aromatic rings. The first-order chi connectivity index (χ1) is 5.79. The zero-order chi connectivity index (χ0) is 8.03. The summed E-state index contributed by atoms with van der Waals surface area (Å²) in [6.07, 6.45) is 3.23. The van der Waals surface area contributed by atoms with Gasteiger partial charge in [0.2, 0.25) is 0 Å². The fraction of sp³-hybridized carbons (Fsp3) is 1.00. The van der Waals surface area contributed by atoms with E-state index in [4.69, 9.17) is 0 Å². The second kappa shape index (κ2) is 2.17. The van der Waals surface area contributed by atoms with Crippen LogP contribution in [0.5, 0.6) is 0 Å². The first kappa shape index (κ1) is 7.71. The van der Waals surface area contributed by atoms with Crippen LogP contribution in [0.3, 0.4) is 0 Å². The van der Waals surface area contributed by atoms with E-state index in [1.807, 2.05) is 0 Å². The van der Waals surface area contributed by atoms with Gasteiger partial charge in [0.25, 0.3) is 0 Å². The van der Waals surface area contributed by atoms with Crippen molar-refractivity contribution in [1.29, 1.82) is 0 Å². The number of rotatable bonds is 0. The van der Waals surface area contributed by atoms with Crippen molar-refractivity contribution in [1.82, 2.24) is 0 Å². The van der Waals surface area contributed by atoms with Crippen LogP contribution in [0.4, 0.5) is 0 Å². The fourth-order valence-electron chi connectivity index (χ4n) is 4.98. The third-order valence-corrected chi connectivity index (χ3v) is 8.68. The maximum absolute atomic E-state index is 2.77. The highest BCUT2D eigenvalue weighted by molar-refractivity contribution is 14.1. The van der Waals surface area contributed by atoms with Gasteiger partial charge in [0, 0.05) is 7.85 Å². The van der Waals surface area contributed by atoms with Crippen LogP contribution in [-0.4, -0.2) is 7.85 Å². The van der Waals surface area contributed by atoms with Gasteiger partial charge in [0.15, 0.2) is 0 Å². The van der Waals surface area contributed by atoms with Gasteiger partial charge in [-0.15, -0.1) is 0 Å². The molecule has 66 valence electrons. The topological polar surface area (TPSA) is 0 Å². The number of halogens is 2. The first-order valence-corrected chi connectivity index (χ1v) is 7.56. The molecule has 0 nitrogen and oxygen atoms in total. The van der Waals surface area contributed by atoms with E-state index in [2.05, 4.69) is 45.2 Å². The lowest BCUT2D eigenvalue weighted by Crippen LogP contribution is -2.27. The molecule has 0 aromatic heterocycles. The third-order valence-electron chi connectivity index (χ3n) is 5.18. The van der Waals surface area contributed by atoms with Crippen molar-refractivity contribution < 1.29 is 0 Å². The van der Waals surface area contributed by atoms with Crippen LogP contribution in [-0.2, 0) is 0 Å². The van der Waals surface area contributed by atoms with Crippen LogP contribution in [0.15, 0.2) is 0 Å².